The highest BCUT2D eigenvalue weighted by atomic mass is 16.4. The maximum Gasteiger partial charge on any atom is 0.303 e. The molecule has 0 fully saturated rings. The number of hydrogen-bond donors (Lipinski definition) is 2. The summed E-state index contributed by atoms with van der Waals surface area (Å²) in [5.41, 5.74) is 1.31. The normalized spacial score (nSPS) is 9.94. The molecule has 0 saturated heterocycles. The van der Waals surface area contributed by atoms with Crippen molar-refractivity contribution < 1.29 is 14.7 Å². The Morgan fingerprint density at radius 3 is 2.88 bits per heavy atom. The first-order valence-electron chi connectivity index (χ1n) is 5.59. The summed E-state index contributed by atoms with van der Waals surface area (Å²) in [6.07, 6.45) is 2.80. The molecule has 1 aromatic heterocycles. The third-order valence-corrected chi connectivity index (χ3v) is 2.34. The molecule has 0 aromatic carbocycles. The Hall–Kier alpha value is -1.91. The number of carbonyl (C=O) groups is 2. The maximum absolute atomic E-state index is 11.7. The molecule has 0 radical (unpaired) electrons. The molecule has 1 rings (SSSR count). The highest BCUT2D eigenvalue weighted by Crippen LogP contribution is 2.05. The minimum atomic E-state index is -0.855. The van der Waals surface area contributed by atoms with Crippen LogP contribution in [-0.2, 0) is 11.2 Å². The van der Waals surface area contributed by atoms with Gasteiger partial charge in [0.05, 0.1) is 0 Å². The number of nitrogens with zero attached hydrogens (tertiary/aromatic N) is 1. The van der Waals surface area contributed by atoms with Crippen molar-refractivity contribution in [2.75, 3.05) is 6.54 Å². The molecule has 0 aliphatic rings. The molecule has 92 valence electrons. The molecule has 2 N–H and O–H groups in total. The first kappa shape index (κ1) is 13.2. The Morgan fingerprint density at radius 2 is 2.24 bits per heavy atom. The zero-order chi connectivity index (χ0) is 12.7. The molecule has 0 atom stereocenters. The molecule has 0 saturated carbocycles. The average Bonchev–Trinajstić information content (AvgIpc) is 2.34. The molecule has 17 heavy (non-hydrogen) atoms. The predicted octanol–water partition coefficient (Wildman–Crippen LogP) is 1.24. The molecular formula is C12H16N2O3. The van der Waals surface area contributed by atoms with Gasteiger partial charge in [0.2, 0.25) is 0 Å². The van der Waals surface area contributed by atoms with E-state index in [2.05, 4.69) is 10.3 Å². The summed E-state index contributed by atoms with van der Waals surface area (Å²) >= 11 is 0. The van der Waals surface area contributed by atoms with Crippen LogP contribution in [0.4, 0.5) is 0 Å². The largest absolute Gasteiger partial charge is 0.481 e. The highest BCUT2D eigenvalue weighted by Gasteiger charge is 2.10. The van der Waals surface area contributed by atoms with Gasteiger partial charge in [0.1, 0.15) is 5.69 Å². The van der Waals surface area contributed by atoms with E-state index in [1.54, 1.807) is 12.3 Å². The van der Waals surface area contributed by atoms with Crippen molar-refractivity contribution >= 4 is 11.9 Å². The summed E-state index contributed by atoms with van der Waals surface area (Å²) in [6.45, 7) is 2.31. The van der Waals surface area contributed by atoms with E-state index in [1.807, 2.05) is 13.0 Å². The Bertz CT molecular complexity index is 404. The van der Waals surface area contributed by atoms with Crippen molar-refractivity contribution in [1.82, 2.24) is 10.3 Å². The van der Waals surface area contributed by atoms with Gasteiger partial charge >= 0.3 is 5.97 Å². The summed E-state index contributed by atoms with van der Waals surface area (Å²) < 4.78 is 0. The van der Waals surface area contributed by atoms with E-state index in [-0.39, 0.29) is 12.3 Å². The zero-order valence-corrected chi connectivity index (χ0v) is 9.77. The molecular weight excluding hydrogens is 220 g/mol. The molecule has 1 heterocycles. The second-order valence-corrected chi connectivity index (χ2v) is 3.62. The van der Waals surface area contributed by atoms with Crippen LogP contribution in [0, 0.1) is 0 Å². The lowest BCUT2D eigenvalue weighted by Gasteiger charge is -2.06. The highest BCUT2D eigenvalue weighted by molar-refractivity contribution is 5.93. The van der Waals surface area contributed by atoms with Gasteiger partial charge in [-0.05, 0) is 24.5 Å². The Labute approximate surface area is 99.9 Å². The fourth-order valence-corrected chi connectivity index (χ4v) is 1.45. The smallest absolute Gasteiger partial charge is 0.303 e. The third kappa shape index (κ3) is 4.22. The van der Waals surface area contributed by atoms with Crippen LogP contribution in [-0.4, -0.2) is 28.5 Å². The van der Waals surface area contributed by atoms with E-state index in [0.29, 0.717) is 18.7 Å². The van der Waals surface area contributed by atoms with Crippen molar-refractivity contribution in [1.29, 1.82) is 0 Å². The number of carboxylic acids is 1. The van der Waals surface area contributed by atoms with E-state index in [9.17, 15) is 9.59 Å². The van der Waals surface area contributed by atoms with E-state index < -0.39 is 5.97 Å². The van der Waals surface area contributed by atoms with Gasteiger partial charge in [0.25, 0.3) is 5.91 Å². The van der Waals surface area contributed by atoms with E-state index in [0.717, 1.165) is 12.0 Å². The summed E-state index contributed by atoms with van der Waals surface area (Å²) in [6, 6.07) is 3.65. The molecule has 0 aliphatic carbocycles. The molecule has 5 nitrogen and oxygen atoms in total. The fraction of sp³-hybridized carbons (Fsp3) is 0.417. The molecule has 5 heteroatoms. The van der Waals surface area contributed by atoms with Crippen LogP contribution < -0.4 is 5.32 Å². The monoisotopic (exact) mass is 236 g/mol. The van der Waals surface area contributed by atoms with Crippen molar-refractivity contribution in [2.24, 2.45) is 0 Å². The molecule has 0 unspecified atom stereocenters. The van der Waals surface area contributed by atoms with Crippen molar-refractivity contribution in [3.63, 3.8) is 0 Å². The minimum Gasteiger partial charge on any atom is -0.481 e. The van der Waals surface area contributed by atoms with Crippen LogP contribution in [0.3, 0.4) is 0 Å². The Morgan fingerprint density at radius 1 is 1.47 bits per heavy atom. The maximum atomic E-state index is 11.7. The number of pyridine rings is 1. The van der Waals surface area contributed by atoms with E-state index in [1.165, 1.54) is 0 Å². The minimum absolute atomic E-state index is 0.0587. The molecule has 1 aromatic rings. The van der Waals surface area contributed by atoms with Crippen LogP contribution >= 0.6 is 0 Å². The van der Waals surface area contributed by atoms with Crippen LogP contribution in [0.5, 0.6) is 0 Å². The first-order chi connectivity index (χ1) is 8.15. The number of carboxylic acid groups (broad SMARTS) is 1. The number of aromatic nitrogens is 1. The lowest BCUT2D eigenvalue weighted by atomic mass is 10.1. The van der Waals surface area contributed by atoms with Gasteiger partial charge in [0.15, 0.2) is 0 Å². The number of hydrogen-bond acceptors (Lipinski definition) is 3. The molecule has 0 spiro atoms. The molecule has 0 aliphatic heterocycles. The van der Waals surface area contributed by atoms with Crippen LogP contribution in [0.1, 0.15) is 35.8 Å². The van der Waals surface area contributed by atoms with Crippen molar-refractivity contribution in [3.8, 4) is 0 Å². The molecule has 0 bridgehead atoms. The van der Waals surface area contributed by atoms with Gasteiger partial charge in [-0.25, -0.2) is 0 Å². The van der Waals surface area contributed by atoms with Crippen molar-refractivity contribution in [2.45, 2.75) is 26.2 Å². The second kappa shape index (κ2) is 6.62. The van der Waals surface area contributed by atoms with Crippen LogP contribution in [0.25, 0.3) is 0 Å². The quantitative estimate of drug-likeness (QED) is 0.728. The zero-order valence-electron chi connectivity index (χ0n) is 9.77. The Kier molecular flexibility index (Phi) is 5.13. The standard InChI is InChI=1S/C12H16N2O3/c1-2-9-5-3-7-13-11(9)12(17)14-8-4-6-10(15)16/h3,5,7H,2,4,6,8H2,1H3,(H,14,17)(H,15,16). The number of aryl methyl sites for hydroxylation is 1. The third-order valence-electron chi connectivity index (χ3n) is 2.34. The van der Waals surface area contributed by atoms with Gasteiger partial charge in [-0.3, -0.25) is 14.6 Å². The molecule has 1 amide bonds. The predicted molar refractivity (Wildman–Crippen MR) is 62.8 cm³/mol. The van der Waals surface area contributed by atoms with Gasteiger partial charge in [0, 0.05) is 19.2 Å². The number of carbonyl (C=O) groups excluding carboxylic acids is 1. The number of nitrogens with one attached hydrogen (secondary N) is 1. The summed E-state index contributed by atoms with van der Waals surface area (Å²) in [4.78, 5) is 26.1. The van der Waals surface area contributed by atoms with Crippen LogP contribution in [0.15, 0.2) is 18.3 Å². The topological polar surface area (TPSA) is 79.3 Å². The van der Waals surface area contributed by atoms with Crippen molar-refractivity contribution in [3.05, 3.63) is 29.6 Å². The second-order valence-electron chi connectivity index (χ2n) is 3.62. The first-order valence-corrected chi connectivity index (χ1v) is 5.59. The Balaban J connectivity index is 2.49. The number of amides is 1. The lowest BCUT2D eigenvalue weighted by molar-refractivity contribution is -0.137. The summed E-state index contributed by atoms with van der Waals surface area (Å²) in [5.74, 6) is -1.10. The summed E-state index contributed by atoms with van der Waals surface area (Å²) in [7, 11) is 0. The van der Waals surface area contributed by atoms with Gasteiger partial charge in [-0.2, -0.15) is 0 Å². The SMILES string of the molecule is CCc1cccnc1C(=O)NCCCC(=O)O. The lowest BCUT2D eigenvalue weighted by Crippen LogP contribution is -2.26. The number of rotatable bonds is 6. The average molecular weight is 236 g/mol. The van der Waals surface area contributed by atoms with Gasteiger partial charge in [-0.1, -0.05) is 13.0 Å². The van der Waals surface area contributed by atoms with Gasteiger partial charge in [-0.15, -0.1) is 0 Å². The fourth-order valence-electron chi connectivity index (χ4n) is 1.45. The van der Waals surface area contributed by atoms with Gasteiger partial charge < -0.3 is 10.4 Å². The van der Waals surface area contributed by atoms with E-state index in [4.69, 9.17) is 5.11 Å². The summed E-state index contributed by atoms with van der Waals surface area (Å²) in [5, 5.41) is 11.1. The van der Waals surface area contributed by atoms with Crippen LogP contribution in [0.2, 0.25) is 0 Å². The number of aliphatic carboxylic acids is 1. The van der Waals surface area contributed by atoms with E-state index >= 15 is 0 Å².